The molecule has 1 saturated heterocycles. The summed E-state index contributed by atoms with van der Waals surface area (Å²) < 4.78 is 5.89. The molecule has 3 heterocycles. The number of piperidine rings is 1. The molecule has 0 spiro atoms. The molecule has 6 nitrogen and oxygen atoms in total. The Hall–Kier alpha value is -2.63. The number of nitrogens with zero attached hydrogens (tertiary/aromatic N) is 3. The summed E-state index contributed by atoms with van der Waals surface area (Å²) in [5.41, 5.74) is 1.21. The van der Waals surface area contributed by atoms with E-state index >= 15 is 0 Å². The Morgan fingerprint density at radius 3 is 2.92 bits per heavy atom. The summed E-state index contributed by atoms with van der Waals surface area (Å²) in [6.07, 6.45) is 6.23. The van der Waals surface area contributed by atoms with Gasteiger partial charge in [0.15, 0.2) is 0 Å². The Bertz CT molecular complexity index is 712. The second-order valence-electron chi connectivity index (χ2n) is 6.63. The predicted molar refractivity (Wildman–Crippen MR) is 94.5 cm³/mol. The number of rotatable bonds is 4. The largest absolute Gasteiger partial charge is 0.488 e. The Morgan fingerprint density at radius 2 is 2.08 bits per heavy atom. The maximum absolute atomic E-state index is 12.6. The molecule has 2 unspecified atom stereocenters. The van der Waals surface area contributed by atoms with Crippen LogP contribution in [0.1, 0.15) is 18.4 Å². The van der Waals surface area contributed by atoms with Crippen LogP contribution in [0.5, 0.6) is 5.75 Å². The summed E-state index contributed by atoms with van der Waals surface area (Å²) in [6.45, 7) is 2.11. The number of carbonyl (C=O) groups is 1. The molecule has 0 bridgehead atoms. The number of para-hydroxylation sites is 1. The first-order valence-electron chi connectivity index (χ1n) is 8.84. The van der Waals surface area contributed by atoms with Crippen LogP contribution in [0.4, 0.5) is 5.95 Å². The number of amides is 1. The standard InChI is InChI=1S/C19H22N4O2/c24-18(22-12-16-11-14-5-1-2-7-17(14)25-16)15-6-3-10-23(13-15)19-20-8-4-9-21-19/h1-2,4-5,7-9,15-16H,3,6,10-13H2,(H,22,24). The van der Waals surface area contributed by atoms with Gasteiger partial charge in [-0.25, -0.2) is 9.97 Å². The third kappa shape index (κ3) is 3.57. The maximum atomic E-state index is 12.6. The van der Waals surface area contributed by atoms with Gasteiger partial charge in [0.05, 0.1) is 12.5 Å². The summed E-state index contributed by atoms with van der Waals surface area (Å²) in [7, 11) is 0. The zero-order chi connectivity index (χ0) is 17.1. The van der Waals surface area contributed by atoms with Crippen molar-refractivity contribution in [3.63, 3.8) is 0 Å². The van der Waals surface area contributed by atoms with Gasteiger partial charge in [0.25, 0.3) is 0 Å². The van der Waals surface area contributed by atoms with Crippen molar-refractivity contribution in [2.24, 2.45) is 5.92 Å². The highest BCUT2D eigenvalue weighted by atomic mass is 16.5. The molecule has 1 fully saturated rings. The molecule has 0 radical (unpaired) electrons. The lowest BCUT2D eigenvalue weighted by molar-refractivity contribution is -0.125. The van der Waals surface area contributed by atoms with Crippen molar-refractivity contribution in [1.29, 1.82) is 0 Å². The van der Waals surface area contributed by atoms with Crippen molar-refractivity contribution < 1.29 is 9.53 Å². The quantitative estimate of drug-likeness (QED) is 0.921. The van der Waals surface area contributed by atoms with Crippen LogP contribution < -0.4 is 15.0 Å². The van der Waals surface area contributed by atoms with E-state index in [4.69, 9.17) is 4.74 Å². The molecule has 25 heavy (non-hydrogen) atoms. The summed E-state index contributed by atoms with van der Waals surface area (Å²) in [4.78, 5) is 23.2. The molecule has 1 amide bonds. The fraction of sp³-hybridized carbons (Fsp3) is 0.421. The smallest absolute Gasteiger partial charge is 0.225 e. The van der Waals surface area contributed by atoms with Crippen LogP contribution in [0, 0.1) is 5.92 Å². The van der Waals surface area contributed by atoms with Crippen molar-refractivity contribution in [3.05, 3.63) is 48.3 Å². The molecule has 1 N–H and O–H groups in total. The van der Waals surface area contributed by atoms with Crippen LogP contribution in [0.25, 0.3) is 0 Å². The topological polar surface area (TPSA) is 67.3 Å². The van der Waals surface area contributed by atoms with Gasteiger partial charge in [0.2, 0.25) is 11.9 Å². The van der Waals surface area contributed by atoms with E-state index < -0.39 is 0 Å². The number of hydrogen-bond donors (Lipinski definition) is 1. The van der Waals surface area contributed by atoms with E-state index in [0.29, 0.717) is 19.0 Å². The molecule has 130 valence electrons. The van der Waals surface area contributed by atoms with Crippen LogP contribution in [-0.2, 0) is 11.2 Å². The second kappa shape index (κ2) is 7.09. The minimum Gasteiger partial charge on any atom is -0.488 e. The minimum atomic E-state index is -0.0265. The SMILES string of the molecule is O=C(NCC1Cc2ccccc2O1)C1CCCN(c2ncccn2)C1. The summed E-state index contributed by atoms with van der Waals surface area (Å²) in [6, 6.07) is 9.86. The lowest BCUT2D eigenvalue weighted by Gasteiger charge is -2.32. The minimum absolute atomic E-state index is 0.0264. The highest BCUT2D eigenvalue weighted by Crippen LogP contribution is 2.28. The van der Waals surface area contributed by atoms with Gasteiger partial charge in [-0.05, 0) is 30.5 Å². The van der Waals surface area contributed by atoms with Gasteiger partial charge < -0.3 is 15.0 Å². The molecule has 2 aliphatic heterocycles. The average Bonchev–Trinajstić information content (AvgIpc) is 3.10. The van der Waals surface area contributed by atoms with Crippen LogP contribution >= 0.6 is 0 Å². The van der Waals surface area contributed by atoms with Gasteiger partial charge in [-0.2, -0.15) is 0 Å². The third-order valence-electron chi connectivity index (χ3n) is 4.84. The first-order chi connectivity index (χ1) is 12.3. The van der Waals surface area contributed by atoms with Crippen molar-refractivity contribution in [2.45, 2.75) is 25.4 Å². The van der Waals surface area contributed by atoms with Crippen LogP contribution in [0.15, 0.2) is 42.7 Å². The fourth-order valence-electron chi connectivity index (χ4n) is 3.55. The van der Waals surface area contributed by atoms with Crippen molar-refractivity contribution in [2.75, 3.05) is 24.5 Å². The number of hydrogen-bond acceptors (Lipinski definition) is 5. The van der Waals surface area contributed by atoms with Gasteiger partial charge >= 0.3 is 0 Å². The van der Waals surface area contributed by atoms with Crippen molar-refractivity contribution in [3.8, 4) is 5.75 Å². The first-order valence-corrected chi connectivity index (χ1v) is 8.84. The van der Waals surface area contributed by atoms with Gasteiger partial charge in [-0.3, -0.25) is 4.79 Å². The number of carbonyl (C=O) groups excluding carboxylic acids is 1. The van der Waals surface area contributed by atoms with Crippen molar-refractivity contribution >= 4 is 11.9 Å². The second-order valence-corrected chi connectivity index (χ2v) is 6.63. The summed E-state index contributed by atoms with van der Waals surface area (Å²) in [5, 5.41) is 3.07. The van der Waals surface area contributed by atoms with E-state index in [1.165, 1.54) is 5.56 Å². The number of benzene rings is 1. The van der Waals surface area contributed by atoms with E-state index in [0.717, 1.165) is 31.6 Å². The highest BCUT2D eigenvalue weighted by molar-refractivity contribution is 5.79. The highest BCUT2D eigenvalue weighted by Gasteiger charge is 2.28. The monoisotopic (exact) mass is 338 g/mol. The Labute approximate surface area is 147 Å². The molecular formula is C19H22N4O2. The molecule has 4 rings (SSSR count). The maximum Gasteiger partial charge on any atom is 0.225 e. The fourth-order valence-corrected chi connectivity index (χ4v) is 3.55. The van der Waals surface area contributed by atoms with E-state index in [1.54, 1.807) is 18.5 Å². The molecule has 2 aliphatic rings. The van der Waals surface area contributed by atoms with Gasteiger partial charge in [-0.15, -0.1) is 0 Å². The number of anilines is 1. The van der Waals surface area contributed by atoms with Crippen LogP contribution in [0.2, 0.25) is 0 Å². The lowest BCUT2D eigenvalue weighted by atomic mass is 9.97. The Morgan fingerprint density at radius 1 is 1.24 bits per heavy atom. The zero-order valence-electron chi connectivity index (χ0n) is 14.1. The summed E-state index contributed by atoms with van der Waals surface area (Å²) >= 11 is 0. The molecule has 0 aliphatic carbocycles. The Kier molecular flexibility index (Phi) is 4.50. The normalized spacial score (nSPS) is 22.2. The molecule has 2 atom stereocenters. The predicted octanol–water partition coefficient (Wildman–Crippen LogP) is 1.81. The van der Waals surface area contributed by atoms with Gasteiger partial charge in [0, 0.05) is 31.9 Å². The lowest BCUT2D eigenvalue weighted by Crippen LogP contribution is -2.45. The molecule has 1 aromatic carbocycles. The molecule has 0 saturated carbocycles. The van der Waals surface area contributed by atoms with Crippen molar-refractivity contribution in [1.82, 2.24) is 15.3 Å². The van der Waals surface area contributed by atoms with E-state index in [9.17, 15) is 4.79 Å². The molecular weight excluding hydrogens is 316 g/mol. The third-order valence-corrected chi connectivity index (χ3v) is 4.84. The number of fused-ring (bicyclic) bond motifs is 1. The molecule has 6 heteroatoms. The average molecular weight is 338 g/mol. The number of ether oxygens (including phenoxy) is 1. The molecule has 2 aromatic rings. The van der Waals surface area contributed by atoms with E-state index in [2.05, 4.69) is 26.3 Å². The number of aromatic nitrogens is 2. The van der Waals surface area contributed by atoms with E-state index in [-0.39, 0.29) is 17.9 Å². The van der Waals surface area contributed by atoms with Gasteiger partial charge in [-0.1, -0.05) is 18.2 Å². The van der Waals surface area contributed by atoms with Gasteiger partial charge in [0.1, 0.15) is 11.9 Å². The first kappa shape index (κ1) is 15.9. The Balaban J connectivity index is 1.30. The van der Waals surface area contributed by atoms with Crippen LogP contribution in [0.3, 0.4) is 0 Å². The zero-order valence-corrected chi connectivity index (χ0v) is 14.1. The number of nitrogens with one attached hydrogen (secondary N) is 1. The van der Waals surface area contributed by atoms with E-state index in [1.807, 2.05) is 18.2 Å². The summed E-state index contributed by atoms with van der Waals surface area (Å²) in [5.74, 6) is 1.71. The van der Waals surface area contributed by atoms with Crippen LogP contribution in [-0.4, -0.2) is 41.6 Å². The molecule has 1 aromatic heterocycles.